The first kappa shape index (κ1) is 11.8. The Morgan fingerprint density at radius 2 is 2.27 bits per heavy atom. The van der Waals surface area contributed by atoms with E-state index >= 15 is 0 Å². The molecule has 0 fully saturated rings. The van der Waals surface area contributed by atoms with Crippen LogP contribution in [0.3, 0.4) is 0 Å². The van der Waals surface area contributed by atoms with E-state index in [1.54, 1.807) is 26.4 Å². The highest BCUT2D eigenvalue weighted by Crippen LogP contribution is 2.25. The monoisotopic (exact) mass is 268 g/mol. The number of methoxy groups -OCH3 is 1. The normalized spacial score (nSPS) is 10.3. The van der Waals surface area contributed by atoms with E-state index in [1.165, 1.54) is 0 Å². The number of benzene rings is 1. The summed E-state index contributed by atoms with van der Waals surface area (Å²) in [5.41, 5.74) is 1.29. The lowest BCUT2D eigenvalue weighted by atomic mass is 10.1. The molecule has 0 aliphatic heterocycles. The fraction of sp³-hybridized carbons (Fsp3) is 0.182. The molecule has 0 heterocycles. The summed E-state index contributed by atoms with van der Waals surface area (Å²) < 4.78 is 5.97. The summed E-state index contributed by atoms with van der Waals surface area (Å²) in [5, 5.41) is 10.6. The second kappa shape index (κ2) is 5.56. The molecule has 4 heteroatoms. The smallest absolute Gasteiger partial charge is 0.133 e. The number of halogens is 1. The maximum Gasteiger partial charge on any atom is 0.133 e. The van der Waals surface area contributed by atoms with Gasteiger partial charge < -0.3 is 15.5 Å². The second-order valence-corrected chi connectivity index (χ2v) is 3.74. The van der Waals surface area contributed by atoms with Gasteiger partial charge in [-0.1, -0.05) is 0 Å². The van der Waals surface area contributed by atoms with Crippen LogP contribution in [0.1, 0.15) is 5.56 Å². The zero-order chi connectivity index (χ0) is 11.3. The van der Waals surface area contributed by atoms with Crippen molar-refractivity contribution in [2.24, 2.45) is 0 Å². The fourth-order valence-corrected chi connectivity index (χ4v) is 1.64. The van der Waals surface area contributed by atoms with Crippen molar-refractivity contribution in [2.75, 3.05) is 14.2 Å². The van der Waals surface area contributed by atoms with E-state index in [9.17, 15) is 0 Å². The number of nitrogens with one attached hydrogen (secondary N) is 2. The molecule has 1 aromatic carbocycles. The predicted octanol–water partition coefficient (Wildman–Crippen LogP) is 2.56. The molecule has 3 nitrogen and oxygen atoms in total. The molecule has 0 radical (unpaired) electrons. The maximum absolute atomic E-state index is 7.77. The third-order valence-electron chi connectivity index (χ3n) is 1.88. The van der Waals surface area contributed by atoms with Crippen LogP contribution in [0, 0.1) is 5.41 Å². The van der Waals surface area contributed by atoms with Crippen LogP contribution in [-0.4, -0.2) is 19.9 Å². The Hall–Kier alpha value is -1.29. The lowest BCUT2D eigenvalue weighted by Gasteiger charge is -2.05. The average Bonchev–Trinajstić information content (AvgIpc) is 2.25. The van der Waals surface area contributed by atoms with Crippen molar-refractivity contribution in [1.29, 1.82) is 5.41 Å². The lowest BCUT2D eigenvalue weighted by molar-refractivity contribution is 0.412. The van der Waals surface area contributed by atoms with Crippen molar-refractivity contribution in [3.05, 3.63) is 40.5 Å². The van der Waals surface area contributed by atoms with E-state index in [-0.39, 0.29) is 0 Å². The van der Waals surface area contributed by atoms with Gasteiger partial charge in [0.2, 0.25) is 0 Å². The van der Waals surface area contributed by atoms with Crippen molar-refractivity contribution >= 4 is 21.6 Å². The Labute approximate surface area is 97.8 Å². The van der Waals surface area contributed by atoms with Gasteiger partial charge in [-0.15, -0.1) is 0 Å². The molecule has 0 saturated carbocycles. The molecular formula is C11H13BrN2O. The van der Waals surface area contributed by atoms with E-state index < -0.39 is 0 Å². The first-order valence-electron chi connectivity index (χ1n) is 4.45. The van der Waals surface area contributed by atoms with Crippen LogP contribution in [0.15, 0.2) is 34.9 Å². The van der Waals surface area contributed by atoms with Crippen LogP contribution >= 0.6 is 15.9 Å². The van der Waals surface area contributed by atoms with Gasteiger partial charge in [-0.3, -0.25) is 0 Å². The van der Waals surface area contributed by atoms with Crippen LogP contribution in [-0.2, 0) is 0 Å². The average molecular weight is 269 g/mol. The van der Waals surface area contributed by atoms with E-state index in [4.69, 9.17) is 10.1 Å². The Balaban J connectivity index is 2.92. The predicted molar refractivity (Wildman–Crippen MR) is 65.7 cm³/mol. The summed E-state index contributed by atoms with van der Waals surface area (Å²) in [6, 6.07) is 5.55. The van der Waals surface area contributed by atoms with Gasteiger partial charge in [0, 0.05) is 12.6 Å². The van der Waals surface area contributed by atoms with E-state index in [1.807, 2.05) is 18.2 Å². The van der Waals surface area contributed by atoms with Crippen LogP contribution in [0.2, 0.25) is 0 Å². The Morgan fingerprint density at radius 3 is 2.80 bits per heavy atom. The summed E-state index contributed by atoms with van der Waals surface area (Å²) in [5.74, 6) is 0.768. The molecule has 1 rings (SSSR count). The summed E-state index contributed by atoms with van der Waals surface area (Å²) in [4.78, 5) is 0. The van der Waals surface area contributed by atoms with E-state index in [0.29, 0.717) is 5.71 Å². The van der Waals surface area contributed by atoms with Crippen molar-refractivity contribution in [2.45, 2.75) is 0 Å². The molecule has 0 aliphatic carbocycles. The SMILES string of the molecule is CN/C=C\C(=N)c1ccc(OC)c(Br)c1. The molecular weight excluding hydrogens is 256 g/mol. The fourth-order valence-electron chi connectivity index (χ4n) is 1.10. The first-order chi connectivity index (χ1) is 7.19. The highest BCUT2D eigenvalue weighted by molar-refractivity contribution is 9.10. The minimum Gasteiger partial charge on any atom is -0.496 e. The molecule has 15 heavy (non-hydrogen) atoms. The van der Waals surface area contributed by atoms with Crippen molar-refractivity contribution < 1.29 is 4.74 Å². The zero-order valence-corrected chi connectivity index (χ0v) is 10.3. The standard InChI is InChI=1S/C11H13BrN2O/c1-14-6-5-10(13)8-3-4-11(15-2)9(12)7-8/h3-7,13-14H,1-2H3/b6-5-,13-10?. The molecule has 80 valence electrons. The first-order valence-corrected chi connectivity index (χ1v) is 5.24. The van der Waals surface area contributed by atoms with Gasteiger partial charge in [0.05, 0.1) is 17.3 Å². The van der Waals surface area contributed by atoms with Crippen LogP contribution in [0.5, 0.6) is 5.75 Å². The van der Waals surface area contributed by atoms with Gasteiger partial charge >= 0.3 is 0 Å². The molecule has 1 aromatic rings. The molecule has 2 N–H and O–H groups in total. The van der Waals surface area contributed by atoms with Gasteiger partial charge in [-0.2, -0.15) is 0 Å². The van der Waals surface area contributed by atoms with Crippen LogP contribution < -0.4 is 10.1 Å². The topological polar surface area (TPSA) is 45.1 Å². The van der Waals surface area contributed by atoms with Gasteiger partial charge in [-0.25, -0.2) is 0 Å². The molecule has 0 amide bonds. The number of allylic oxidation sites excluding steroid dienone is 1. The van der Waals surface area contributed by atoms with Crippen molar-refractivity contribution in [3.8, 4) is 5.75 Å². The quantitative estimate of drug-likeness (QED) is 0.825. The van der Waals surface area contributed by atoms with Gasteiger partial charge in [0.1, 0.15) is 5.75 Å². The van der Waals surface area contributed by atoms with Crippen molar-refractivity contribution in [3.63, 3.8) is 0 Å². The van der Waals surface area contributed by atoms with Crippen LogP contribution in [0.25, 0.3) is 0 Å². The van der Waals surface area contributed by atoms with E-state index in [2.05, 4.69) is 21.2 Å². The minimum absolute atomic E-state index is 0.452. The molecule has 0 bridgehead atoms. The molecule has 0 aromatic heterocycles. The summed E-state index contributed by atoms with van der Waals surface area (Å²) in [6.45, 7) is 0. The highest BCUT2D eigenvalue weighted by atomic mass is 79.9. The molecule has 0 atom stereocenters. The van der Waals surface area contributed by atoms with Crippen LogP contribution in [0.4, 0.5) is 0 Å². The third-order valence-corrected chi connectivity index (χ3v) is 2.50. The Kier molecular flexibility index (Phi) is 4.37. The number of hydrogen-bond donors (Lipinski definition) is 2. The van der Waals surface area contributed by atoms with Gasteiger partial charge in [-0.05, 0) is 46.4 Å². The summed E-state index contributed by atoms with van der Waals surface area (Å²) >= 11 is 3.38. The maximum atomic E-state index is 7.77. The molecule has 0 saturated heterocycles. The highest BCUT2D eigenvalue weighted by Gasteiger charge is 2.03. The van der Waals surface area contributed by atoms with Gasteiger partial charge in [0.15, 0.2) is 0 Å². The largest absolute Gasteiger partial charge is 0.496 e. The number of hydrogen-bond acceptors (Lipinski definition) is 3. The Morgan fingerprint density at radius 1 is 1.53 bits per heavy atom. The molecule has 0 spiro atoms. The Bertz CT molecular complexity index is 388. The van der Waals surface area contributed by atoms with E-state index in [0.717, 1.165) is 15.8 Å². The second-order valence-electron chi connectivity index (χ2n) is 2.89. The lowest BCUT2D eigenvalue weighted by Crippen LogP contribution is -1.99. The molecule has 0 aliphatic rings. The number of rotatable bonds is 4. The minimum atomic E-state index is 0.452. The number of ether oxygens (including phenoxy) is 1. The molecule has 0 unspecified atom stereocenters. The zero-order valence-electron chi connectivity index (χ0n) is 8.67. The third kappa shape index (κ3) is 3.09. The van der Waals surface area contributed by atoms with Crippen molar-refractivity contribution in [1.82, 2.24) is 5.32 Å². The summed E-state index contributed by atoms with van der Waals surface area (Å²) in [6.07, 6.45) is 3.43. The summed E-state index contributed by atoms with van der Waals surface area (Å²) in [7, 11) is 3.42. The van der Waals surface area contributed by atoms with Gasteiger partial charge in [0.25, 0.3) is 0 Å².